The second-order valence-corrected chi connectivity index (χ2v) is 6.76. The van der Waals surface area contributed by atoms with E-state index >= 15 is 0 Å². The molecule has 0 aliphatic rings. The Kier molecular flexibility index (Phi) is 3.97. The molecule has 1 heterocycles. The Bertz CT molecular complexity index is 596. The summed E-state index contributed by atoms with van der Waals surface area (Å²) in [5, 5.41) is 3.42. The summed E-state index contributed by atoms with van der Waals surface area (Å²) in [5.41, 5.74) is 2.21. The van der Waals surface area contributed by atoms with Crippen LogP contribution in [-0.2, 0) is 12.0 Å². The number of terminal acetylenes is 1. The molecule has 0 radical (unpaired) electrons. The lowest BCUT2D eigenvalue weighted by Gasteiger charge is -2.15. The third-order valence-electron chi connectivity index (χ3n) is 2.90. The second kappa shape index (κ2) is 5.50. The van der Waals surface area contributed by atoms with Gasteiger partial charge in [-0.1, -0.05) is 32.8 Å². The summed E-state index contributed by atoms with van der Waals surface area (Å²) in [7, 11) is 0. The van der Waals surface area contributed by atoms with E-state index in [2.05, 4.69) is 44.1 Å². The number of hydrogen-bond acceptors (Lipinski definition) is 2. The fourth-order valence-corrected chi connectivity index (χ4v) is 2.79. The van der Waals surface area contributed by atoms with Crippen LogP contribution in [0.1, 0.15) is 36.1 Å². The van der Waals surface area contributed by atoms with E-state index in [-0.39, 0.29) is 5.41 Å². The molecule has 98 valence electrons. The number of rotatable bonds is 3. The first-order valence-electron chi connectivity index (χ1n) is 6.39. The van der Waals surface area contributed by atoms with Gasteiger partial charge in [0.15, 0.2) is 0 Å². The highest BCUT2D eigenvalue weighted by molar-refractivity contribution is 7.12. The molecule has 0 atom stereocenters. The van der Waals surface area contributed by atoms with Crippen molar-refractivity contribution in [3.8, 4) is 12.3 Å². The van der Waals surface area contributed by atoms with Crippen LogP contribution in [0.2, 0.25) is 0 Å². The molecular formula is C17H19NS. The SMILES string of the molecule is C#Cc1cccc(NCc2ccc(C(C)(C)C)s2)c1. The number of thiophene rings is 1. The van der Waals surface area contributed by atoms with Gasteiger partial charge < -0.3 is 5.32 Å². The van der Waals surface area contributed by atoms with Crippen LogP contribution in [0.5, 0.6) is 0 Å². The smallest absolute Gasteiger partial charge is 0.0494 e. The van der Waals surface area contributed by atoms with Crippen LogP contribution in [0.25, 0.3) is 0 Å². The Morgan fingerprint density at radius 2 is 2.00 bits per heavy atom. The molecule has 0 saturated carbocycles. The topological polar surface area (TPSA) is 12.0 Å². The minimum atomic E-state index is 0.228. The van der Waals surface area contributed by atoms with E-state index in [1.54, 1.807) is 0 Å². The molecule has 0 aliphatic heterocycles. The van der Waals surface area contributed by atoms with Gasteiger partial charge >= 0.3 is 0 Å². The molecule has 0 aliphatic carbocycles. The highest BCUT2D eigenvalue weighted by atomic mass is 32.1. The summed E-state index contributed by atoms with van der Waals surface area (Å²) < 4.78 is 0. The van der Waals surface area contributed by atoms with Crippen LogP contribution in [-0.4, -0.2) is 0 Å². The normalized spacial score (nSPS) is 11.1. The number of hydrogen-bond donors (Lipinski definition) is 1. The molecule has 0 saturated heterocycles. The van der Waals surface area contributed by atoms with Crippen molar-refractivity contribution >= 4 is 17.0 Å². The maximum atomic E-state index is 5.40. The van der Waals surface area contributed by atoms with E-state index in [4.69, 9.17) is 6.42 Å². The highest BCUT2D eigenvalue weighted by Gasteiger charge is 2.15. The fraction of sp³-hybridized carbons (Fsp3) is 0.294. The summed E-state index contributed by atoms with van der Waals surface area (Å²) >= 11 is 1.87. The van der Waals surface area contributed by atoms with Gasteiger partial charge in [0.25, 0.3) is 0 Å². The summed E-state index contributed by atoms with van der Waals surface area (Å²) in [5.74, 6) is 2.65. The average Bonchev–Trinajstić information content (AvgIpc) is 2.85. The lowest BCUT2D eigenvalue weighted by atomic mass is 9.95. The Labute approximate surface area is 119 Å². The molecule has 0 spiro atoms. The van der Waals surface area contributed by atoms with Gasteiger partial charge in [-0.2, -0.15) is 0 Å². The van der Waals surface area contributed by atoms with Gasteiger partial charge in [0.2, 0.25) is 0 Å². The molecule has 1 N–H and O–H groups in total. The molecule has 1 aromatic heterocycles. The Morgan fingerprint density at radius 3 is 2.63 bits per heavy atom. The van der Waals surface area contributed by atoms with Crippen LogP contribution in [0.15, 0.2) is 36.4 Å². The van der Waals surface area contributed by atoms with Crippen molar-refractivity contribution in [1.82, 2.24) is 0 Å². The van der Waals surface area contributed by atoms with E-state index in [0.29, 0.717) is 0 Å². The first kappa shape index (κ1) is 13.7. The second-order valence-electron chi connectivity index (χ2n) is 5.59. The largest absolute Gasteiger partial charge is 0.380 e. The summed E-state index contributed by atoms with van der Waals surface area (Å²) in [4.78, 5) is 2.76. The maximum absolute atomic E-state index is 5.40. The molecule has 0 fully saturated rings. The third-order valence-corrected chi connectivity index (χ3v) is 4.41. The van der Waals surface area contributed by atoms with E-state index in [1.807, 2.05) is 35.6 Å². The van der Waals surface area contributed by atoms with Gasteiger partial charge in [-0.3, -0.25) is 0 Å². The molecule has 0 unspecified atom stereocenters. The first-order chi connectivity index (χ1) is 8.99. The standard InChI is InChI=1S/C17H19NS/c1-5-13-7-6-8-14(11-13)18-12-15-9-10-16(19-15)17(2,3)4/h1,6-11,18H,12H2,2-4H3. The molecule has 2 heteroatoms. The molecule has 2 aromatic rings. The highest BCUT2D eigenvalue weighted by Crippen LogP contribution is 2.29. The lowest BCUT2D eigenvalue weighted by Crippen LogP contribution is -2.07. The molecule has 1 nitrogen and oxygen atoms in total. The maximum Gasteiger partial charge on any atom is 0.0494 e. The average molecular weight is 269 g/mol. The van der Waals surface area contributed by atoms with Crippen LogP contribution in [0.3, 0.4) is 0 Å². The van der Waals surface area contributed by atoms with Crippen molar-refractivity contribution in [1.29, 1.82) is 0 Å². The van der Waals surface area contributed by atoms with Crippen molar-refractivity contribution in [2.75, 3.05) is 5.32 Å². The molecule has 19 heavy (non-hydrogen) atoms. The van der Waals surface area contributed by atoms with Crippen molar-refractivity contribution in [2.45, 2.75) is 32.7 Å². The zero-order valence-corrected chi connectivity index (χ0v) is 12.5. The van der Waals surface area contributed by atoms with Gasteiger partial charge in [-0.15, -0.1) is 17.8 Å². The fourth-order valence-electron chi connectivity index (χ4n) is 1.78. The van der Waals surface area contributed by atoms with Gasteiger partial charge in [0, 0.05) is 27.5 Å². The summed E-state index contributed by atoms with van der Waals surface area (Å²) in [6.45, 7) is 7.57. The number of benzene rings is 1. The molecule has 1 aromatic carbocycles. The van der Waals surface area contributed by atoms with Crippen molar-refractivity contribution < 1.29 is 0 Å². The molecule has 0 amide bonds. The zero-order valence-electron chi connectivity index (χ0n) is 11.7. The first-order valence-corrected chi connectivity index (χ1v) is 7.20. The summed E-state index contributed by atoms with van der Waals surface area (Å²) in [6, 6.07) is 12.4. The van der Waals surface area contributed by atoms with Gasteiger partial charge in [0.05, 0.1) is 0 Å². The Morgan fingerprint density at radius 1 is 1.21 bits per heavy atom. The monoisotopic (exact) mass is 269 g/mol. The third kappa shape index (κ3) is 3.62. The van der Waals surface area contributed by atoms with Crippen molar-refractivity contribution in [3.63, 3.8) is 0 Å². The quantitative estimate of drug-likeness (QED) is 0.800. The van der Waals surface area contributed by atoms with Crippen molar-refractivity contribution in [2.24, 2.45) is 0 Å². The van der Waals surface area contributed by atoms with Crippen LogP contribution < -0.4 is 5.32 Å². The van der Waals surface area contributed by atoms with E-state index in [9.17, 15) is 0 Å². The van der Waals surface area contributed by atoms with Gasteiger partial charge in [0.1, 0.15) is 0 Å². The van der Waals surface area contributed by atoms with Crippen LogP contribution >= 0.6 is 11.3 Å². The van der Waals surface area contributed by atoms with Gasteiger partial charge in [-0.05, 0) is 35.7 Å². The molecule has 0 bridgehead atoms. The van der Waals surface area contributed by atoms with E-state index in [1.165, 1.54) is 9.75 Å². The summed E-state index contributed by atoms with van der Waals surface area (Å²) in [6.07, 6.45) is 5.40. The number of nitrogens with one attached hydrogen (secondary N) is 1. The molecule has 2 rings (SSSR count). The minimum Gasteiger partial charge on any atom is -0.380 e. The Balaban J connectivity index is 2.03. The van der Waals surface area contributed by atoms with Crippen LogP contribution in [0.4, 0.5) is 5.69 Å². The lowest BCUT2D eigenvalue weighted by molar-refractivity contribution is 0.604. The zero-order chi connectivity index (χ0) is 13.9. The predicted octanol–water partition coefficient (Wildman–Crippen LogP) is 4.64. The Hall–Kier alpha value is -1.72. The van der Waals surface area contributed by atoms with Gasteiger partial charge in [-0.25, -0.2) is 0 Å². The number of anilines is 1. The predicted molar refractivity (Wildman–Crippen MR) is 84.7 cm³/mol. The molecular weight excluding hydrogens is 250 g/mol. The van der Waals surface area contributed by atoms with E-state index < -0.39 is 0 Å². The van der Waals surface area contributed by atoms with Crippen molar-refractivity contribution in [3.05, 3.63) is 51.7 Å². The van der Waals surface area contributed by atoms with Crippen LogP contribution in [0, 0.1) is 12.3 Å². The minimum absolute atomic E-state index is 0.228. The van der Waals surface area contributed by atoms with E-state index in [0.717, 1.165) is 17.8 Å².